The lowest BCUT2D eigenvalue weighted by atomic mass is 9.69. The summed E-state index contributed by atoms with van der Waals surface area (Å²) >= 11 is 0. The summed E-state index contributed by atoms with van der Waals surface area (Å²) in [4.78, 5) is 0. The SMILES string of the molecule is CCC(C)(N)C(C)C(C)(C)CO. The van der Waals surface area contributed by atoms with E-state index in [-0.39, 0.29) is 17.6 Å². The Hall–Kier alpha value is -0.0800. The second kappa shape index (κ2) is 3.75. The summed E-state index contributed by atoms with van der Waals surface area (Å²) in [6.45, 7) is 10.6. The van der Waals surface area contributed by atoms with Crippen molar-refractivity contribution >= 4 is 0 Å². The fraction of sp³-hybridized carbons (Fsp3) is 1.00. The van der Waals surface area contributed by atoms with Gasteiger partial charge in [-0.05, 0) is 24.7 Å². The van der Waals surface area contributed by atoms with Gasteiger partial charge in [0.05, 0.1) is 0 Å². The van der Waals surface area contributed by atoms with Gasteiger partial charge in [-0.15, -0.1) is 0 Å². The molecule has 2 nitrogen and oxygen atoms in total. The van der Waals surface area contributed by atoms with Crippen LogP contribution in [0.2, 0.25) is 0 Å². The Labute approximate surface area is 76.2 Å². The molecule has 3 N–H and O–H groups in total. The van der Waals surface area contributed by atoms with Gasteiger partial charge < -0.3 is 10.8 Å². The summed E-state index contributed by atoms with van der Waals surface area (Å²) in [5, 5.41) is 9.17. The largest absolute Gasteiger partial charge is 0.396 e. The lowest BCUT2D eigenvalue weighted by Gasteiger charge is -2.41. The van der Waals surface area contributed by atoms with Gasteiger partial charge >= 0.3 is 0 Å². The summed E-state index contributed by atoms with van der Waals surface area (Å²) in [5.41, 5.74) is 5.85. The van der Waals surface area contributed by atoms with Crippen molar-refractivity contribution in [1.29, 1.82) is 0 Å². The average molecular weight is 173 g/mol. The van der Waals surface area contributed by atoms with Crippen LogP contribution in [0, 0.1) is 11.3 Å². The Balaban J connectivity index is 4.47. The van der Waals surface area contributed by atoms with E-state index in [0.717, 1.165) is 6.42 Å². The van der Waals surface area contributed by atoms with E-state index in [1.54, 1.807) is 0 Å². The van der Waals surface area contributed by atoms with Crippen LogP contribution < -0.4 is 5.73 Å². The van der Waals surface area contributed by atoms with Crippen LogP contribution in [0.15, 0.2) is 0 Å². The molecule has 0 spiro atoms. The maximum Gasteiger partial charge on any atom is 0.0485 e. The number of rotatable bonds is 4. The lowest BCUT2D eigenvalue weighted by Crippen LogP contribution is -2.49. The molecule has 2 atom stereocenters. The third-order valence-electron chi connectivity index (χ3n) is 3.33. The van der Waals surface area contributed by atoms with Crippen molar-refractivity contribution in [2.24, 2.45) is 17.1 Å². The van der Waals surface area contributed by atoms with E-state index in [1.807, 2.05) is 0 Å². The van der Waals surface area contributed by atoms with Crippen LogP contribution in [-0.4, -0.2) is 17.3 Å². The quantitative estimate of drug-likeness (QED) is 0.680. The normalized spacial score (nSPS) is 20.2. The van der Waals surface area contributed by atoms with Gasteiger partial charge in [0.1, 0.15) is 0 Å². The minimum Gasteiger partial charge on any atom is -0.396 e. The molecule has 0 radical (unpaired) electrons. The van der Waals surface area contributed by atoms with E-state index in [0.29, 0.717) is 5.92 Å². The first-order chi connectivity index (χ1) is 5.28. The fourth-order valence-electron chi connectivity index (χ4n) is 1.34. The van der Waals surface area contributed by atoms with E-state index in [4.69, 9.17) is 10.8 Å². The summed E-state index contributed by atoms with van der Waals surface area (Å²) in [6.07, 6.45) is 0.942. The van der Waals surface area contributed by atoms with E-state index >= 15 is 0 Å². The number of nitrogens with two attached hydrogens (primary N) is 1. The van der Waals surface area contributed by atoms with Crippen molar-refractivity contribution in [3.63, 3.8) is 0 Å². The van der Waals surface area contributed by atoms with Crippen molar-refractivity contribution < 1.29 is 5.11 Å². The highest BCUT2D eigenvalue weighted by molar-refractivity contribution is 4.91. The van der Waals surface area contributed by atoms with Crippen molar-refractivity contribution in [3.8, 4) is 0 Å². The molecule has 0 aliphatic heterocycles. The Morgan fingerprint density at radius 2 is 1.75 bits per heavy atom. The smallest absolute Gasteiger partial charge is 0.0485 e. The summed E-state index contributed by atoms with van der Waals surface area (Å²) in [7, 11) is 0. The third kappa shape index (κ3) is 2.46. The molecule has 0 saturated carbocycles. The summed E-state index contributed by atoms with van der Waals surface area (Å²) in [6, 6.07) is 0. The molecule has 0 saturated heterocycles. The van der Waals surface area contributed by atoms with Crippen molar-refractivity contribution in [1.82, 2.24) is 0 Å². The Morgan fingerprint density at radius 3 is 2.00 bits per heavy atom. The number of aliphatic hydroxyl groups excluding tert-OH is 1. The zero-order chi connectivity index (χ0) is 9.99. The molecule has 0 aliphatic carbocycles. The molecule has 0 aromatic rings. The van der Waals surface area contributed by atoms with E-state index in [2.05, 4.69) is 34.6 Å². The first kappa shape index (κ1) is 11.9. The van der Waals surface area contributed by atoms with Gasteiger partial charge in [-0.25, -0.2) is 0 Å². The third-order valence-corrected chi connectivity index (χ3v) is 3.33. The minimum atomic E-state index is -0.174. The van der Waals surface area contributed by atoms with Crippen LogP contribution >= 0.6 is 0 Å². The molecule has 0 aromatic carbocycles. The molecular weight excluding hydrogens is 150 g/mol. The average Bonchev–Trinajstić information content (AvgIpc) is 2.03. The first-order valence-electron chi connectivity index (χ1n) is 4.67. The van der Waals surface area contributed by atoms with Crippen LogP contribution in [0.4, 0.5) is 0 Å². The molecule has 0 aromatic heterocycles. The fourth-order valence-corrected chi connectivity index (χ4v) is 1.34. The van der Waals surface area contributed by atoms with Gasteiger partial charge in [-0.2, -0.15) is 0 Å². The molecule has 0 amide bonds. The van der Waals surface area contributed by atoms with E-state index in [1.165, 1.54) is 0 Å². The molecule has 12 heavy (non-hydrogen) atoms. The highest BCUT2D eigenvalue weighted by Gasteiger charge is 2.36. The van der Waals surface area contributed by atoms with Gasteiger partial charge in [0, 0.05) is 12.1 Å². The molecule has 0 fully saturated rings. The summed E-state index contributed by atoms with van der Waals surface area (Å²) in [5.74, 6) is 0.319. The van der Waals surface area contributed by atoms with Crippen molar-refractivity contribution in [2.45, 2.75) is 46.6 Å². The monoisotopic (exact) mass is 173 g/mol. The first-order valence-corrected chi connectivity index (χ1v) is 4.67. The van der Waals surface area contributed by atoms with Crippen molar-refractivity contribution in [3.05, 3.63) is 0 Å². The highest BCUT2D eigenvalue weighted by atomic mass is 16.3. The Morgan fingerprint density at radius 1 is 1.33 bits per heavy atom. The van der Waals surface area contributed by atoms with Crippen LogP contribution in [0.5, 0.6) is 0 Å². The van der Waals surface area contributed by atoms with E-state index < -0.39 is 0 Å². The van der Waals surface area contributed by atoms with Gasteiger partial charge in [0.15, 0.2) is 0 Å². The Bertz CT molecular complexity index is 125. The zero-order valence-electron chi connectivity index (χ0n) is 9.02. The lowest BCUT2D eigenvalue weighted by molar-refractivity contribution is 0.0613. The van der Waals surface area contributed by atoms with Crippen LogP contribution in [0.3, 0.4) is 0 Å². The van der Waals surface area contributed by atoms with Crippen LogP contribution in [-0.2, 0) is 0 Å². The van der Waals surface area contributed by atoms with Crippen molar-refractivity contribution in [2.75, 3.05) is 6.61 Å². The standard InChI is InChI=1S/C10H23NO/c1-6-10(5,11)8(2)9(3,4)7-12/h8,12H,6-7,11H2,1-5H3. The second-order valence-corrected chi connectivity index (χ2v) is 4.73. The van der Waals surface area contributed by atoms with Gasteiger partial charge in [0.25, 0.3) is 0 Å². The van der Waals surface area contributed by atoms with Crippen LogP contribution in [0.1, 0.15) is 41.0 Å². The minimum absolute atomic E-state index is 0.0838. The topological polar surface area (TPSA) is 46.2 Å². The molecule has 74 valence electrons. The molecular formula is C10H23NO. The molecule has 0 aliphatic rings. The molecule has 2 unspecified atom stereocenters. The maximum atomic E-state index is 9.17. The molecule has 0 bridgehead atoms. The van der Waals surface area contributed by atoms with Gasteiger partial charge in [-0.3, -0.25) is 0 Å². The predicted molar refractivity (Wildman–Crippen MR) is 52.9 cm³/mol. The Kier molecular flexibility index (Phi) is 3.73. The number of hydrogen-bond acceptors (Lipinski definition) is 2. The maximum absolute atomic E-state index is 9.17. The van der Waals surface area contributed by atoms with Gasteiger partial charge in [-0.1, -0.05) is 27.7 Å². The predicted octanol–water partition coefficient (Wildman–Crippen LogP) is 1.77. The van der Waals surface area contributed by atoms with Crippen LogP contribution in [0.25, 0.3) is 0 Å². The highest BCUT2D eigenvalue weighted by Crippen LogP contribution is 2.34. The zero-order valence-corrected chi connectivity index (χ0v) is 9.02. The summed E-state index contributed by atoms with van der Waals surface area (Å²) < 4.78 is 0. The van der Waals surface area contributed by atoms with E-state index in [9.17, 15) is 0 Å². The second-order valence-electron chi connectivity index (χ2n) is 4.73. The molecule has 0 heterocycles. The van der Waals surface area contributed by atoms with Gasteiger partial charge in [0.2, 0.25) is 0 Å². The number of hydrogen-bond donors (Lipinski definition) is 2. The molecule has 2 heteroatoms. The molecule has 0 rings (SSSR count). The number of aliphatic hydroxyl groups is 1.